The first-order valence-electron chi connectivity index (χ1n) is 12.3. The number of H-pyrrole nitrogens is 2. The summed E-state index contributed by atoms with van der Waals surface area (Å²) in [6, 6.07) is 0. The number of amides is 1. The van der Waals surface area contributed by atoms with Gasteiger partial charge in [-0.1, -0.05) is 0 Å². The van der Waals surface area contributed by atoms with E-state index in [0.29, 0.717) is 17.0 Å². The number of hydrogen-bond donors (Lipinski definition) is 5. The van der Waals surface area contributed by atoms with Crippen molar-refractivity contribution in [2.75, 3.05) is 25.0 Å². The van der Waals surface area contributed by atoms with Gasteiger partial charge in [0.1, 0.15) is 24.2 Å². The Morgan fingerprint density at radius 3 is 2.62 bits per heavy atom. The van der Waals surface area contributed by atoms with Crippen molar-refractivity contribution >= 4 is 52.4 Å². The van der Waals surface area contributed by atoms with E-state index >= 15 is 0 Å². The van der Waals surface area contributed by atoms with Gasteiger partial charge in [-0.25, -0.2) is 24.1 Å². The van der Waals surface area contributed by atoms with Crippen LogP contribution in [0.1, 0.15) is 18.2 Å². The Bertz CT molecular complexity index is 1840. The summed E-state index contributed by atoms with van der Waals surface area (Å²) in [5.41, 5.74) is -1.02. The molecule has 5 N–H and O–H groups in total. The molecule has 3 aromatic heterocycles. The fourth-order valence-electron chi connectivity index (χ4n) is 3.81. The molecular formula is C19H21N8O15P3-4. The molecule has 0 saturated carbocycles. The number of aromatic amines is 2. The Morgan fingerprint density at radius 1 is 1.13 bits per heavy atom. The summed E-state index contributed by atoms with van der Waals surface area (Å²) in [4.78, 5) is 97.7. The lowest BCUT2D eigenvalue weighted by Gasteiger charge is -2.37. The van der Waals surface area contributed by atoms with Gasteiger partial charge in [-0.05, 0) is 6.08 Å². The van der Waals surface area contributed by atoms with Crippen LogP contribution in [0.4, 0.5) is 5.82 Å². The van der Waals surface area contributed by atoms with E-state index in [1.807, 2.05) is 4.98 Å². The number of hydrogen-bond acceptors (Lipinski definition) is 19. The number of phosphoric acid groups is 3. The Morgan fingerprint density at radius 2 is 1.89 bits per heavy atom. The molecule has 4 heterocycles. The van der Waals surface area contributed by atoms with Gasteiger partial charge >= 0.3 is 5.69 Å². The topological polar surface area (TPSA) is 351 Å². The maximum absolute atomic E-state index is 12.4. The SMILES string of the molecule is O=C(/C=C/c1cn([C@H]2CC(O)[C@@H](COP(=O)([O-])OP(=O)([O-])OP(=O)([O-])[O-])O2)c(=O)[nH]c1=O)NCCNc1ncnc2nc[nH]c12. The van der Waals surface area contributed by atoms with Crippen molar-refractivity contribution in [2.45, 2.75) is 24.9 Å². The van der Waals surface area contributed by atoms with Gasteiger partial charge in [0.2, 0.25) is 5.91 Å². The minimum absolute atomic E-state index is 0.148. The predicted octanol–water partition coefficient (Wildman–Crippen LogP) is -4.09. The van der Waals surface area contributed by atoms with Crippen molar-refractivity contribution in [1.82, 2.24) is 34.8 Å². The van der Waals surface area contributed by atoms with E-state index in [4.69, 9.17) is 4.74 Å². The number of fused-ring (bicyclic) bond motifs is 1. The van der Waals surface area contributed by atoms with Crippen molar-refractivity contribution in [3.63, 3.8) is 0 Å². The van der Waals surface area contributed by atoms with Crippen LogP contribution < -0.4 is 41.5 Å². The summed E-state index contributed by atoms with van der Waals surface area (Å²) in [7, 11) is -18.2. The Kier molecular flexibility index (Phi) is 10.6. The van der Waals surface area contributed by atoms with Crippen LogP contribution >= 0.6 is 23.5 Å². The summed E-state index contributed by atoms with van der Waals surface area (Å²) in [6.45, 7) is -0.674. The smallest absolute Gasteiger partial charge is 0.330 e. The van der Waals surface area contributed by atoms with Gasteiger partial charge < -0.3 is 54.1 Å². The van der Waals surface area contributed by atoms with Crippen LogP contribution in [-0.4, -0.2) is 72.4 Å². The number of ether oxygens (including phenoxy) is 1. The number of rotatable bonds is 14. The fourth-order valence-corrected chi connectivity index (χ4v) is 6.67. The minimum Gasteiger partial charge on any atom is -0.790 e. The van der Waals surface area contributed by atoms with Gasteiger partial charge in [-0.3, -0.25) is 32.6 Å². The number of anilines is 1. The third kappa shape index (κ3) is 9.78. The highest BCUT2D eigenvalue weighted by Crippen LogP contribution is 2.60. The Labute approximate surface area is 249 Å². The maximum Gasteiger partial charge on any atom is 0.330 e. The second-order valence-electron chi connectivity index (χ2n) is 8.86. The lowest BCUT2D eigenvalue weighted by molar-refractivity contribution is -0.339. The molecular weight excluding hydrogens is 673 g/mol. The molecule has 5 atom stereocenters. The molecule has 1 aliphatic heterocycles. The van der Waals surface area contributed by atoms with E-state index in [9.17, 15) is 52.8 Å². The van der Waals surface area contributed by atoms with Crippen LogP contribution in [0.2, 0.25) is 0 Å². The summed E-state index contributed by atoms with van der Waals surface area (Å²) in [5.74, 6) is -0.130. The third-order valence-corrected chi connectivity index (χ3v) is 9.33. The Hall–Kier alpha value is -3.43. The quantitative estimate of drug-likeness (QED) is 0.0608. The number of aliphatic hydroxyl groups excluding tert-OH is 1. The van der Waals surface area contributed by atoms with Crippen LogP contribution in [-0.2, 0) is 36.4 Å². The second-order valence-corrected chi connectivity index (χ2v) is 13.1. The minimum atomic E-state index is -6.20. The Balaban J connectivity index is 1.32. The normalized spacial score (nSPS) is 21.5. The van der Waals surface area contributed by atoms with Crippen LogP contribution in [0.3, 0.4) is 0 Å². The number of carbonyl (C=O) groups is 1. The second kappa shape index (κ2) is 13.9. The van der Waals surface area contributed by atoms with Gasteiger partial charge in [-0.15, -0.1) is 0 Å². The van der Waals surface area contributed by atoms with Crippen LogP contribution in [0.15, 0.2) is 34.5 Å². The molecule has 26 heteroatoms. The third-order valence-electron chi connectivity index (χ3n) is 5.66. The van der Waals surface area contributed by atoms with Crippen molar-refractivity contribution in [2.24, 2.45) is 0 Å². The van der Waals surface area contributed by atoms with Crippen LogP contribution in [0, 0.1) is 0 Å². The van der Waals surface area contributed by atoms with Gasteiger partial charge in [-0.2, -0.15) is 0 Å². The first kappa shape index (κ1) is 34.4. The standard InChI is InChI=1S/C19H25N8O15P3/c28-11-5-14(40-12(11)7-39-44(35,36)42-45(37,38)41-43(32,33)34)27-6-10(18(30)26-19(27)31)1-2-13(29)20-3-4-21-16-15-17(23-8-22-15)25-9-24-16/h1-2,6,8-9,11-12,14,28H,3-5,7H2,(H,20,29)(H,35,36)(H,37,38)(H,26,30,31)(H2,32,33,34)(H2,21,22,23,24,25)/p-4/b2-1+/t11?,12-,14-/m1/s1. The van der Waals surface area contributed by atoms with Crippen LogP contribution in [0.25, 0.3) is 17.2 Å². The molecule has 45 heavy (non-hydrogen) atoms. The molecule has 0 aromatic carbocycles. The van der Waals surface area contributed by atoms with Gasteiger partial charge in [0.05, 0.1) is 32.4 Å². The number of aliphatic hydroxyl groups is 1. The molecule has 0 spiro atoms. The highest BCUT2D eigenvalue weighted by molar-refractivity contribution is 7.64. The zero-order valence-corrected chi connectivity index (χ0v) is 24.9. The molecule has 3 unspecified atom stereocenters. The van der Waals surface area contributed by atoms with E-state index in [-0.39, 0.29) is 25.1 Å². The van der Waals surface area contributed by atoms with Crippen molar-refractivity contribution < 1.29 is 61.1 Å². The molecule has 246 valence electrons. The molecule has 1 fully saturated rings. The number of aromatic nitrogens is 6. The van der Waals surface area contributed by atoms with Gasteiger partial charge in [0.25, 0.3) is 21.2 Å². The number of phosphoric ester groups is 1. The maximum atomic E-state index is 12.4. The molecule has 1 aliphatic rings. The van der Waals surface area contributed by atoms with E-state index < -0.39 is 65.7 Å². The highest BCUT2D eigenvalue weighted by atomic mass is 31.3. The molecule has 1 saturated heterocycles. The number of carbonyl (C=O) groups excluding carboxylic acids is 1. The van der Waals surface area contributed by atoms with Crippen molar-refractivity contribution in [3.05, 3.63) is 51.3 Å². The number of imidazole rings is 1. The van der Waals surface area contributed by atoms with Crippen molar-refractivity contribution in [3.8, 4) is 0 Å². The summed E-state index contributed by atoms with van der Waals surface area (Å²) in [5, 5.41) is 15.8. The van der Waals surface area contributed by atoms with E-state index in [1.54, 1.807) is 0 Å². The van der Waals surface area contributed by atoms with Gasteiger partial charge in [0, 0.05) is 31.8 Å². The molecule has 0 radical (unpaired) electrons. The van der Waals surface area contributed by atoms with E-state index in [0.717, 1.165) is 22.9 Å². The average Bonchev–Trinajstić information content (AvgIpc) is 3.54. The summed E-state index contributed by atoms with van der Waals surface area (Å²) < 4.78 is 50.4. The van der Waals surface area contributed by atoms with Crippen molar-refractivity contribution in [1.29, 1.82) is 0 Å². The molecule has 0 aliphatic carbocycles. The first-order chi connectivity index (χ1) is 21.0. The zero-order valence-electron chi connectivity index (χ0n) is 22.2. The molecule has 1 amide bonds. The van der Waals surface area contributed by atoms with E-state index in [2.05, 4.69) is 43.7 Å². The monoisotopic (exact) mass is 694 g/mol. The zero-order chi connectivity index (χ0) is 33.0. The van der Waals surface area contributed by atoms with Gasteiger partial charge in [0.15, 0.2) is 11.5 Å². The number of nitrogens with zero attached hydrogens (tertiary/aromatic N) is 4. The van der Waals surface area contributed by atoms with E-state index in [1.165, 1.54) is 12.7 Å². The lowest BCUT2D eigenvalue weighted by atomic mass is 10.2. The summed E-state index contributed by atoms with van der Waals surface area (Å²) in [6.07, 6.45) is 1.22. The average molecular weight is 694 g/mol. The molecule has 4 rings (SSSR count). The molecule has 3 aromatic rings. The summed E-state index contributed by atoms with van der Waals surface area (Å²) >= 11 is 0. The highest BCUT2D eigenvalue weighted by Gasteiger charge is 2.37. The van der Waals surface area contributed by atoms with Crippen LogP contribution in [0.5, 0.6) is 0 Å². The largest absolute Gasteiger partial charge is 0.790 e. The lowest BCUT2D eigenvalue weighted by Crippen LogP contribution is -2.33. The molecule has 0 bridgehead atoms. The molecule has 23 nitrogen and oxygen atoms in total. The predicted molar refractivity (Wildman–Crippen MR) is 139 cm³/mol. The fraction of sp³-hybridized carbons (Fsp3) is 0.368. The first-order valence-corrected chi connectivity index (χ1v) is 16.6. The number of nitrogens with one attached hydrogen (secondary N) is 4.